The van der Waals surface area contributed by atoms with Crippen LogP contribution < -0.4 is 14.8 Å². The van der Waals surface area contributed by atoms with Crippen LogP contribution in [-0.4, -0.2) is 28.6 Å². The number of pyridine rings is 1. The van der Waals surface area contributed by atoms with Gasteiger partial charge in [0.2, 0.25) is 6.79 Å². The van der Waals surface area contributed by atoms with Gasteiger partial charge in [-0.15, -0.1) is 0 Å². The number of nitrogens with one attached hydrogen (secondary N) is 1. The molecule has 0 aliphatic carbocycles. The third kappa shape index (κ3) is 2.88. The van der Waals surface area contributed by atoms with Crippen LogP contribution in [0.4, 0.5) is 0 Å². The number of amides is 1. The van der Waals surface area contributed by atoms with Gasteiger partial charge in [0, 0.05) is 30.9 Å². The Labute approximate surface area is 143 Å². The number of rotatable bonds is 4. The van der Waals surface area contributed by atoms with Crippen molar-refractivity contribution in [2.45, 2.75) is 6.42 Å². The van der Waals surface area contributed by atoms with E-state index in [2.05, 4.69) is 10.3 Å². The Hall–Kier alpha value is -2.73. The molecule has 0 bridgehead atoms. The molecule has 2 aromatic heterocycles. The van der Waals surface area contributed by atoms with Crippen LogP contribution in [0, 0.1) is 0 Å². The summed E-state index contributed by atoms with van der Waals surface area (Å²) in [5.41, 5.74) is 2.26. The van der Waals surface area contributed by atoms with Gasteiger partial charge in [-0.25, -0.2) is 4.98 Å². The van der Waals surface area contributed by atoms with E-state index in [0.29, 0.717) is 35.1 Å². The molecule has 1 amide bonds. The second kappa shape index (κ2) is 6.05. The van der Waals surface area contributed by atoms with E-state index < -0.39 is 0 Å². The van der Waals surface area contributed by atoms with Crippen LogP contribution in [0.5, 0.6) is 11.5 Å². The van der Waals surface area contributed by atoms with Crippen LogP contribution in [-0.2, 0) is 6.42 Å². The molecule has 4 rings (SSSR count). The van der Waals surface area contributed by atoms with Crippen molar-refractivity contribution in [2.24, 2.45) is 0 Å². The lowest BCUT2D eigenvalue weighted by molar-refractivity contribution is 0.0953. The second-order valence-corrected chi connectivity index (χ2v) is 5.86. The zero-order valence-corrected chi connectivity index (χ0v) is 13.4. The molecule has 0 saturated carbocycles. The van der Waals surface area contributed by atoms with Gasteiger partial charge < -0.3 is 19.2 Å². The zero-order valence-electron chi connectivity index (χ0n) is 12.7. The number of halogens is 1. The molecule has 6 nitrogen and oxygen atoms in total. The molecule has 0 spiro atoms. The number of hydrogen-bond acceptors (Lipinski definition) is 4. The smallest absolute Gasteiger partial charge is 0.251 e. The van der Waals surface area contributed by atoms with E-state index in [4.69, 9.17) is 21.1 Å². The molecule has 1 N–H and O–H groups in total. The lowest BCUT2D eigenvalue weighted by atomic mass is 10.2. The Morgan fingerprint density at radius 2 is 2.08 bits per heavy atom. The van der Waals surface area contributed by atoms with Crippen molar-refractivity contribution in [3.05, 3.63) is 59.0 Å². The van der Waals surface area contributed by atoms with E-state index in [0.717, 1.165) is 11.3 Å². The van der Waals surface area contributed by atoms with Crippen LogP contribution >= 0.6 is 11.6 Å². The first kappa shape index (κ1) is 14.8. The van der Waals surface area contributed by atoms with Crippen LogP contribution in [0.2, 0.25) is 5.02 Å². The molecule has 24 heavy (non-hydrogen) atoms. The fraction of sp³-hybridized carbons (Fsp3) is 0.176. The number of fused-ring (bicyclic) bond motifs is 2. The molecular formula is C17H14ClN3O3. The van der Waals surface area contributed by atoms with Crippen molar-refractivity contribution < 1.29 is 14.3 Å². The maximum atomic E-state index is 12.2. The van der Waals surface area contributed by atoms with Crippen LogP contribution in [0.15, 0.2) is 42.7 Å². The Morgan fingerprint density at radius 3 is 3.00 bits per heavy atom. The van der Waals surface area contributed by atoms with Crippen molar-refractivity contribution >= 4 is 23.2 Å². The first-order valence-corrected chi connectivity index (χ1v) is 7.88. The maximum absolute atomic E-state index is 12.2. The summed E-state index contributed by atoms with van der Waals surface area (Å²) in [5.74, 6) is 1.11. The molecule has 3 aromatic rings. The lowest BCUT2D eigenvalue weighted by Crippen LogP contribution is -2.25. The predicted octanol–water partition coefficient (Wildman–Crippen LogP) is 2.69. The molecule has 0 unspecified atom stereocenters. The number of carbonyl (C=O) groups is 1. The van der Waals surface area contributed by atoms with Gasteiger partial charge >= 0.3 is 0 Å². The Bertz CT molecular complexity index is 923. The van der Waals surface area contributed by atoms with Gasteiger partial charge in [-0.3, -0.25) is 4.79 Å². The summed E-state index contributed by atoms with van der Waals surface area (Å²) >= 11 is 5.96. The topological polar surface area (TPSA) is 64.9 Å². The summed E-state index contributed by atoms with van der Waals surface area (Å²) in [6.07, 6.45) is 4.35. The van der Waals surface area contributed by atoms with Crippen LogP contribution in [0.1, 0.15) is 16.1 Å². The number of benzene rings is 1. The van der Waals surface area contributed by atoms with E-state index in [9.17, 15) is 4.79 Å². The first-order chi connectivity index (χ1) is 11.7. The van der Waals surface area contributed by atoms with Gasteiger partial charge in [-0.05, 0) is 30.3 Å². The molecule has 0 fully saturated rings. The third-order valence-electron chi connectivity index (χ3n) is 3.77. The highest BCUT2D eigenvalue weighted by Gasteiger charge is 2.16. The average Bonchev–Trinajstić information content (AvgIpc) is 3.19. The molecule has 1 aromatic carbocycles. The molecule has 0 atom stereocenters. The number of aromatic nitrogens is 2. The van der Waals surface area contributed by atoms with Gasteiger partial charge in [-0.1, -0.05) is 11.6 Å². The monoisotopic (exact) mass is 343 g/mol. The van der Waals surface area contributed by atoms with Gasteiger partial charge in [0.1, 0.15) is 5.65 Å². The Kier molecular flexibility index (Phi) is 3.74. The number of carbonyl (C=O) groups excluding carboxylic acids is 1. The minimum atomic E-state index is -0.153. The number of ether oxygens (including phenoxy) is 2. The van der Waals surface area contributed by atoms with Gasteiger partial charge in [0.25, 0.3) is 5.91 Å². The summed E-state index contributed by atoms with van der Waals surface area (Å²) in [7, 11) is 0. The fourth-order valence-electron chi connectivity index (χ4n) is 2.58. The molecule has 1 aliphatic heterocycles. The minimum absolute atomic E-state index is 0.153. The molecule has 1 aliphatic rings. The fourth-order valence-corrected chi connectivity index (χ4v) is 2.75. The SMILES string of the molecule is O=C(NCCc1cn2cc(Cl)ccc2n1)c1ccc2c(c1)OCO2. The highest BCUT2D eigenvalue weighted by molar-refractivity contribution is 6.30. The summed E-state index contributed by atoms with van der Waals surface area (Å²) in [5, 5.41) is 3.54. The van der Waals surface area contributed by atoms with Crippen molar-refractivity contribution in [3.63, 3.8) is 0 Å². The van der Waals surface area contributed by atoms with Crippen molar-refractivity contribution in [2.75, 3.05) is 13.3 Å². The maximum Gasteiger partial charge on any atom is 0.251 e. The zero-order chi connectivity index (χ0) is 16.5. The van der Waals surface area contributed by atoms with Crippen LogP contribution in [0.3, 0.4) is 0 Å². The molecule has 122 valence electrons. The standard InChI is InChI=1S/C17H14ClN3O3/c18-12-2-4-16-20-13(9-21(16)8-12)5-6-19-17(22)11-1-3-14-15(7-11)24-10-23-14/h1-4,7-9H,5-6,10H2,(H,19,22). The number of nitrogens with zero attached hydrogens (tertiary/aromatic N) is 2. The molecule has 0 radical (unpaired) electrons. The summed E-state index contributed by atoms with van der Waals surface area (Å²) in [4.78, 5) is 16.7. The number of hydrogen-bond donors (Lipinski definition) is 1. The first-order valence-electron chi connectivity index (χ1n) is 7.50. The van der Waals surface area contributed by atoms with E-state index >= 15 is 0 Å². The Morgan fingerprint density at radius 1 is 1.21 bits per heavy atom. The highest BCUT2D eigenvalue weighted by Crippen LogP contribution is 2.32. The Balaban J connectivity index is 1.38. The van der Waals surface area contributed by atoms with E-state index in [1.165, 1.54) is 0 Å². The van der Waals surface area contributed by atoms with Crippen molar-refractivity contribution in [3.8, 4) is 11.5 Å². The molecule has 3 heterocycles. The molecule has 0 saturated heterocycles. The second-order valence-electron chi connectivity index (χ2n) is 5.42. The van der Waals surface area contributed by atoms with Gasteiger partial charge in [0.05, 0.1) is 10.7 Å². The predicted molar refractivity (Wildman–Crippen MR) is 88.8 cm³/mol. The highest BCUT2D eigenvalue weighted by atomic mass is 35.5. The largest absolute Gasteiger partial charge is 0.454 e. The van der Waals surface area contributed by atoms with Gasteiger partial charge in [-0.2, -0.15) is 0 Å². The van der Waals surface area contributed by atoms with E-state index in [1.54, 1.807) is 30.5 Å². The third-order valence-corrected chi connectivity index (χ3v) is 3.99. The summed E-state index contributed by atoms with van der Waals surface area (Å²) in [6.45, 7) is 0.684. The van der Waals surface area contributed by atoms with Crippen molar-refractivity contribution in [1.82, 2.24) is 14.7 Å². The number of imidazole rings is 1. The summed E-state index contributed by atoms with van der Waals surface area (Å²) < 4.78 is 12.4. The quantitative estimate of drug-likeness (QED) is 0.791. The molecular weight excluding hydrogens is 330 g/mol. The van der Waals surface area contributed by atoms with Gasteiger partial charge in [0.15, 0.2) is 11.5 Å². The molecule has 7 heteroatoms. The van der Waals surface area contributed by atoms with Crippen LogP contribution in [0.25, 0.3) is 5.65 Å². The van der Waals surface area contributed by atoms with E-state index in [-0.39, 0.29) is 12.7 Å². The average molecular weight is 344 g/mol. The normalized spacial score (nSPS) is 12.5. The summed E-state index contributed by atoms with van der Waals surface area (Å²) in [6, 6.07) is 8.80. The van der Waals surface area contributed by atoms with Crippen molar-refractivity contribution in [1.29, 1.82) is 0 Å². The lowest BCUT2D eigenvalue weighted by Gasteiger charge is -2.05. The van der Waals surface area contributed by atoms with E-state index in [1.807, 2.05) is 16.7 Å². The minimum Gasteiger partial charge on any atom is -0.454 e.